The Morgan fingerprint density at radius 3 is 2.55 bits per heavy atom. The Morgan fingerprint density at radius 1 is 1.73 bits per heavy atom. The Kier molecular flexibility index (Phi) is 7.08. The number of methoxy groups -OCH3 is 1. The number of rotatable bonds is 1. The predicted molar refractivity (Wildman–Crippen MR) is 41.2 cm³/mol. The molecule has 0 spiro atoms. The van der Waals surface area contributed by atoms with E-state index in [9.17, 15) is 0 Å². The molecule has 4 nitrogen and oxygen atoms in total. The van der Waals surface area contributed by atoms with Crippen molar-refractivity contribution in [3.8, 4) is 0 Å². The van der Waals surface area contributed by atoms with Gasteiger partial charge in [0.1, 0.15) is 0 Å². The number of carbonyl (C=O) groups excluding carboxylic acids is 1. The van der Waals surface area contributed by atoms with Crippen LogP contribution in [0.15, 0.2) is 0 Å². The number of piperidine rings is 1. The molecule has 0 amide bonds. The van der Waals surface area contributed by atoms with Crippen LogP contribution in [0.2, 0.25) is 0 Å². The van der Waals surface area contributed by atoms with E-state index in [4.69, 9.17) is 9.90 Å². The topological polar surface area (TPSA) is 58.6 Å². The molecular formula is C7H15NO3. The number of aliphatic hydroxyl groups excluding tert-OH is 1. The van der Waals surface area contributed by atoms with E-state index in [1.165, 1.54) is 7.11 Å². The molecule has 4 heteroatoms. The van der Waals surface area contributed by atoms with Gasteiger partial charge in [-0.2, -0.15) is 0 Å². The fourth-order valence-corrected chi connectivity index (χ4v) is 0.833. The molecule has 0 saturated carbocycles. The van der Waals surface area contributed by atoms with Gasteiger partial charge in [-0.25, -0.2) is 0 Å². The maximum Gasteiger partial charge on any atom is 0.292 e. The van der Waals surface area contributed by atoms with Gasteiger partial charge < -0.3 is 15.2 Å². The first-order valence-corrected chi connectivity index (χ1v) is 3.66. The van der Waals surface area contributed by atoms with Crippen LogP contribution in [0.3, 0.4) is 0 Å². The molecular weight excluding hydrogens is 146 g/mol. The number of hydrogen-bond acceptors (Lipinski definition) is 4. The molecule has 0 radical (unpaired) electrons. The number of hydrogen-bond donors (Lipinski definition) is 2. The van der Waals surface area contributed by atoms with E-state index in [2.05, 4.69) is 10.1 Å². The summed E-state index contributed by atoms with van der Waals surface area (Å²) in [4.78, 5) is 8.95. The molecule has 1 aliphatic rings. The van der Waals surface area contributed by atoms with E-state index in [0.717, 1.165) is 25.9 Å². The summed E-state index contributed by atoms with van der Waals surface area (Å²) in [5.41, 5.74) is 0. The van der Waals surface area contributed by atoms with Gasteiger partial charge in [-0.05, 0) is 19.4 Å². The van der Waals surface area contributed by atoms with Crippen molar-refractivity contribution >= 4 is 6.47 Å². The average molecular weight is 161 g/mol. The smallest absolute Gasteiger partial charge is 0.292 e. The van der Waals surface area contributed by atoms with Gasteiger partial charge in [0, 0.05) is 6.54 Å². The summed E-state index contributed by atoms with van der Waals surface area (Å²) in [6, 6.07) is 0. The summed E-state index contributed by atoms with van der Waals surface area (Å²) >= 11 is 0. The maximum absolute atomic E-state index is 8.95. The number of carbonyl (C=O) groups is 1. The van der Waals surface area contributed by atoms with Gasteiger partial charge in [0.15, 0.2) is 0 Å². The van der Waals surface area contributed by atoms with Gasteiger partial charge in [0.2, 0.25) is 0 Å². The fourth-order valence-electron chi connectivity index (χ4n) is 0.833. The van der Waals surface area contributed by atoms with E-state index in [1.807, 2.05) is 0 Å². The molecule has 1 heterocycles. The van der Waals surface area contributed by atoms with E-state index < -0.39 is 0 Å². The maximum atomic E-state index is 8.95. The third-order valence-electron chi connectivity index (χ3n) is 1.37. The first-order chi connectivity index (χ1) is 5.31. The molecule has 0 aromatic rings. The molecule has 1 unspecified atom stereocenters. The monoisotopic (exact) mass is 161 g/mol. The van der Waals surface area contributed by atoms with E-state index in [0.29, 0.717) is 6.47 Å². The largest absolute Gasteiger partial charge is 0.471 e. The highest BCUT2D eigenvalue weighted by Gasteiger charge is 2.06. The van der Waals surface area contributed by atoms with Gasteiger partial charge in [-0.15, -0.1) is 0 Å². The second-order valence-corrected chi connectivity index (χ2v) is 2.33. The number of nitrogens with one attached hydrogen (secondary N) is 1. The molecule has 0 aromatic carbocycles. The van der Waals surface area contributed by atoms with Crippen molar-refractivity contribution in [2.24, 2.45) is 0 Å². The SMILES string of the molecule is COC=O.OC1CCCNC1. The van der Waals surface area contributed by atoms with Gasteiger partial charge in [0.25, 0.3) is 6.47 Å². The van der Waals surface area contributed by atoms with Crippen molar-refractivity contribution in [3.63, 3.8) is 0 Å². The molecule has 2 N–H and O–H groups in total. The van der Waals surface area contributed by atoms with Crippen molar-refractivity contribution in [1.29, 1.82) is 0 Å². The average Bonchev–Trinajstić information content (AvgIpc) is 2.07. The molecule has 1 aliphatic heterocycles. The van der Waals surface area contributed by atoms with E-state index in [-0.39, 0.29) is 6.10 Å². The summed E-state index contributed by atoms with van der Waals surface area (Å²) in [5.74, 6) is 0. The van der Waals surface area contributed by atoms with Crippen molar-refractivity contribution in [3.05, 3.63) is 0 Å². The normalized spacial score (nSPS) is 22.9. The fraction of sp³-hybridized carbons (Fsp3) is 0.857. The summed E-state index contributed by atoms with van der Waals surface area (Å²) in [7, 11) is 1.31. The molecule has 66 valence electrons. The molecule has 1 fully saturated rings. The lowest BCUT2D eigenvalue weighted by Crippen LogP contribution is -2.33. The van der Waals surface area contributed by atoms with Crippen LogP contribution in [0.5, 0.6) is 0 Å². The standard InChI is InChI=1S/C5H11NO.C2H4O2/c7-5-2-1-3-6-4-5;1-4-2-3/h5-7H,1-4H2;2H,1H3. The first-order valence-electron chi connectivity index (χ1n) is 3.66. The molecule has 0 aromatic heterocycles. The molecule has 1 rings (SSSR count). The minimum Gasteiger partial charge on any atom is -0.471 e. The van der Waals surface area contributed by atoms with Gasteiger partial charge in [0.05, 0.1) is 13.2 Å². The van der Waals surface area contributed by atoms with Crippen molar-refractivity contribution in [1.82, 2.24) is 5.32 Å². The van der Waals surface area contributed by atoms with Gasteiger partial charge >= 0.3 is 0 Å². The molecule has 0 bridgehead atoms. The highest BCUT2D eigenvalue weighted by molar-refractivity contribution is 5.36. The Morgan fingerprint density at radius 2 is 2.36 bits per heavy atom. The summed E-state index contributed by atoms with van der Waals surface area (Å²) in [5, 5.41) is 11.9. The van der Waals surface area contributed by atoms with Crippen LogP contribution >= 0.6 is 0 Å². The predicted octanol–water partition coefficient (Wildman–Crippen LogP) is -0.480. The second-order valence-electron chi connectivity index (χ2n) is 2.33. The quantitative estimate of drug-likeness (QED) is 0.510. The Hall–Kier alpha value is -0.610. The number of ether oxygens (including phenoxy) is 1. The minimum atomic E-state index is -0.0752. The second kappa shape index (κ2) is 7.50. The van der Waals surface area contributed by atoms with Crippen LogP contribution in [-0.4, -0.2) is 37.9 Å². The van der Waals surface area contributed by atoms with Crippen LogP contribution in [0.1, 0.15) is 12.8 Å². The highest BCUT2D eigenvalue weighted by Crippen LogP contribution is 1.98. The molecule has 11 heavy (non-hydrogen) atoms. The van der Waals surface area contributed by atoms with Crippen molar-refractivity contribution in [2.45, 2.75) is 18.9 Å². The third kappa shape index (κ3) is 7.29. The van der Waals surface area contributed by atoms with Crippen LogP contribution in [0.25, 0.3) is 0 Å². The highest BCUT2D eigenvalue weighted by atomic mass is 16.5. The summed E-state index contributed by atoms with van der Waals surface area (Å²) in [6.45, 7) is 2.25. The Bertz CT molecular complexity index is 91.7. The number of β-amino-alcohol motifs (C(OH)–C–C–N with tert-alkyl or cyclic N) is 1. The minimum absolute atomic E-state index is 0.0752. The zero-order valence-electron chi connectivity index (χ0n) is 6.75. The van der Waals surface area contributed by atoms with Gasteiger partial charge in [-0.3, -0.25) is 4.79 Å². The zero-order chi connectivity index (χ0) is 8.53. The Labute approximate surface area is 66.5 Å². The van der Waals surface area contributed by atoms with Crippen LogP contribution in [-0.2, 0) is 9.53 Å². The van der Waals surface area contributed by atoms with Crippen LogP contribution < -0.4 is 5.32 Å². The van der Waals surface area contributed by atoms with E-state index >= 15 is 0 Å². The van der Waals surface area contributed by atoms with Crippen molar-refractivity contribution < 1.29 is 14.6 Å². The third-order valence-corrected chi connectivity index (χ3v) is 1.37. The summed E-state index contributed by atoms with van der Waals surface area (Å²) in [6.07, 6.45) is 2.03. The molecule has 1 atom stereocenters. The summed E-state index contributed by atoms with van der Waals surface area (Å²) < 4.78 is 3.86. The molecule has 1 saturated heterocycles. The van der Waals surface area contributed by atoms with Gasteiger partial charge in [-0.1, -0.05) is 0 Å². The van der Waals surface area contributed by atoms with Crippen molar-refractivity contribution in [2.75, 3.05) is 20.2 Å². The van der Waals surface area contributed by atoms with E-state index in [1.54, 1.807) is 0 Å². The van der Waals surface area contributed by atoms with Crippen LogP contribution in [0, 0.1) is 0 Å². The lowest BCUT2D eigenvalue weighted by molar-refractivity contribution is -0.126. The Balaban J connectivity index is 0.000000218. The zero-order valence-corrected chi connectivity index (χ0v) is 6.75. The number of aliphatic hydroxyl groups is 1. The van der Waals surface area contributed by atoms with Crippen LogP contribution in [0.4, 0.5) is 0 Å². The lowest BCUT2D eigenvalue weighted by Gasteiger charge is -2.16. The first kappa shape index (κ1) is 10.4. The molecule has 0 aliphatic carbocycles. The lowest BCUT2D eigenvalue weighted by atomic mass is 10.1.